The molecule has 0 bridgehead atoms. The van der Waals surface area contributed by atoms with Crippen molar-refractivity contribution in [2.45, 2.75) is 6.92 Å². The number of nitrogens with zero attached hydrogens (tertiary/aromatic N) is 1. The molecule has 0 saturated carbocycles. The molecule has 92 valence electrons. The zero-order valence-corrected chi connectivity index (χ0v) is 9.97. The maximum Gasteiger partial charge on any atom is 0.413 e. The SMILES string of the molecule is CCN(C)C(=O)CNC(=O)Oc1ccccc1. The summed E-state index contributed by atoms with van der Waals surface area (Å²) in [4.78, 5) is 24.2. The predicted octanol–water partition coefficient (Wildman–Crippen LogP) is 1.25. The van der Waals surface area contributed by atoms with Crippen LogP contribution >= 0.6 is 0 Å². The van der Waals surface area contributed by atoms with Gasteiger partial charge >= 0.3 is 6.09 Å². The van der Waals surface area contributed by atoms with Crippen LogP contribution in [-0.4, -0.2) is 37.0 Å². The van der Waals surface area contributed by atoms with Crippen molar-refractivity contribution in [2.75, 3.05) is 20.1 Å². The molecule has 17 heavy (non-hydrogen) atoms. The van der Waals surface area contributed by atoms with Crippen LogP contribution in [0.25, 0.3) is 0 Å². The molecule has 0 aliphatic carbocycles. The van der Waals surface area contributed by atoms with Gasteiger partial charge in [-0.05, 0) is 19.1 Å². The monoisotopic (exact) mass is 236 g/mol. The van der Waals surface area contributed by atoms with Gasteiger partial charge in [-0.25, -0.2) is 4.79 Å². The first-order chi connectivity index (χ1) is 8.13. The van der Waals surface area contributed by atoms with E-state index in [0.717, 1.165) is 0 Å². The maximum atomic E-state index is 11.4. The first-order valence-electron chi connectivity index (χ1n) is 5.38. The molecule has 1 aromatic rings. The van der Waals surface area contributed by atoms with Gasteiger partial charge in [-0.3, -0.25) is 4.79 Å². The number of nitrogens with one attached hydrogen (secondary N) is 1. The fourth-order valence-corrected chi connectivity index (χ4v) is 1.09. The standard InChI is InChI=1S/C12H16N2O3/c1-3-14(2)11(15)9-13-12(16)17-10-7-5-4-6-8-10/h4-8H,3,9H2,1-2H3,(H,13,16). The van der Waals surface area contributed by atoms with Crippen LogP contribution in [0.3, 0.4) is 0 Å². The molecule has 1 aromatic carbocycles. The Bertz CT molecular complexity index is 379. The zero-order valence-electron chi connectivity index (χ0n) is 9.97. The molecule has 0 heterocycles. The minimum Gasteiger partial charge on any atom is -0.410 e. The molecule has 5 nitrogen and oxygen atoms in total. The number of hydrogen-bond donors (Lipinski definition) is 1. The van der Waals surface area contributed by atoms with Gasteiger partial charge in [-0.1, -0.05) is 18.2 Å². The molecule has 0 radical (unpaired) electrons. The van der Waals surface area contributed by atoms with Crippen molar-refractivity contribution in [1.29, 1.82) is 0 Å². The normalized spacial score (nSPS) is 9.53. The van der Waals surface area contributed by atoms with Gasteiger partial charge in [0.1, 0.15) is 12.3 Å². The molecule has 0 atom stereocenters. The first-order valence-corrected chi connectivity index (χ1v) is 5.38. The van der Waals surface area contributed by atoms with Gasteiger partial charge in [0, 0.05) is 13.6 Å². The number of benzene rings is 1. The summed E-state index contributed by atoms with van der Waals surface area (Å²) >= 11 is 0. The lowest BCUT2D eigenvalue weighted by Crippen LogP contribution is -2.39. The Labute approximate surface area is 100 Å². The van der Waals surface area contributed by atoms with Crippen LogP contribution in [0.4, 0.5) is 4.79 Å². The Morgan fingerprint density at radius 3 is 2.53 bits per heavy atom. The molecule has 1 rings (SSSR count). The van der Waals surface area contributed by atoms with E-state index in [-0.39, 0.29) is 12.5 Å². The van der Waals surface area contributed by atoms with Crippen molar-refractivity contribution in [3.8, 4) is 5.75 Å². The average molecular weight is 236 g/mol. The van der Waals surface area contributed by atoms with Gasteiger partial charge in [-0.2, -0.15) is 0 Å². The number of ether oxygens (including phenoxy) is 1. The molecule has 2 amide bonds. The first kappa shape index (κ1) is 13.0. The molecule has 0 saturated heterocycles. The lowest BCUT2D eigenvalue weighted by molar-refractivity contribution is -0.128. The van der Waals surface area contributed by atoms with Crippen molar-refractivity contribution >= 4 is 12.0 Å². The Morgan fingerprint density at radius 2 is 1.94 bits per heavy atom. The molecular weight excluding hydrogens is 220 g/mol. The van der Waals surface area contributed by atoms with E-state index in [1.807, 2.05) is 13.0 Å². The fraction of sp³-hybridized carbons (Fsp3) is 0.333. The van der Waals surface area contributed by atoms with Gasteiger partial charge in [0.05, 0.1) is 0 Å². The summed E-state index contributed by atoms with van der Waals surface area (Å²) in [6.45, 7) is 2.41. The topological polar surface area (TPSA) is 58.6 Å². The van der Waals surface area contributed by atoms with Crippen molar-refractivity contribution in [3.05, 3.63) is 30.3 Å². The van der Waals surface area contributed by atoms with Crippen LogP contribution in [0.2, 0.25) is 0 Å². The van der Waals surface area contributed by atoms with Gasteiger partial charge < -0.3 is 15.0 Å². The Hall–Kier alpha value is -2.04. The second kappa shape index (κ2) is 6.52. The summed E-state index contributed by atoms with van der Waals surface area (Å²) in [5.41, 5.74) is 0. The molecule has 5 heteroatoms. The van der Waals surface area contributed by atoms with Crippen LogP contribution in [-0.2, 0) is 4.79 Å². The van der Waals surface area contributed by atoms with E-state index in [1.54, 1.807) is 31.3 Å². The average Bonchev–Trinajstić information content (AvgIpc) is 2.36. The second-order valence-electron chi connectivity index (χ2n) is 3.46. The van der Waals surface area contributed by atoms with Crippen molar-refractivity contribution in [1.82, 2.24) is 10.2 Å². The molecule has 0 aliphatic rings. The number of para-hydroxylation sites is 1. The summed E-state index contributed by atoms with van der Waals surface area (Å²) in [6.07, 6.45) is -0.631. The van der Waals surface area contributed by atoms with E-state index in [2.05, 4.69) is 5.32 Å². The molecule has 0 spiro atoms. The van der Waals surface area contributed by atoms with Crippen molar-refractivity contribution in [3.63, 3.8) is 0 Å². The van der Waals surface area contributed by atoms with Crippen molar-refractivity contribution in [2.24, 2.45) is 0 Å². The highest BCUT2D eigenvalue weighted by atomic mass is 16.6. The van der Waals surface area contributed by atoms with Gasteiger partial charge in [0.15, 0.2) is 0 Å². The summed E-state index contributed by atoms with van der Waals surface area (Å²) in [6, 6.07) is 8.68. The molecular formula is C12H16N2O3. The lowest BCUT2D eigenvalue weighted by Gasteiger charge is -2.14. The summed E-state index contributed by atoms with van der Waals surface area (Å²) in [5, 5.41) is 2.39. The van der Waals surface area contributed by atoms with Gasteiger partial charge in [0.25, 0.3) is 0 Å². The molecule has 0 fully saturated rings. The molecule has 0 aromatic heterocycles. The Morgan fingerprint density at radius 1 is 1.29 bits per heavy atom. The summed E-state index contributed by atoms with van der Waals surface area (Å²) < 4.78 is 4.96. The fourth-order valence-electron chi connectivity index (χ4n) is 1.09. The van der Waals surface area contributed by atoms with Gasteiger partial charge in [-0.15, -0.1) is 0 Å². The van der Waals surface area contributed by atoms with E-state index in [4.69, 9.17) is 4.74 Å². The number of carbonyl (C=O) groups is 2. The smallest absolute Gasteiger partial charge is 0.410 e. The Kier molecular flexibility index (Phi) is 5.00. The zero-order chi connectivity index (χ0) is 12.7. The van der Waals surface area contributed by atoms with Crippen LogP contribution in [0.5, 0.6) is 5.75 Å². The van der Waals surface area contributed by atoms with E-state index >= 15 is 0 Å². The minimum absolute atomic E-state index is 0.0595. The van der Waals surface area contributed by atoms with E-state index in [1.165, 1.54) is 4.90 Å². The second-order valence-corrected chi connectivity index (χ2v) is 3.46. The predicted molar refractivity (Wildman–Crippen MR) is 63.8 cm³/mol. The number of amides is 2. The Balaban J connectivity index is 2.34. The summed E-state index contributed by atoms with van der Waals surface area (Å²) in [5.74, 6) is 0.291. The van der Waals surface area contributed by atoms with E-state index < -0.39 is 6.09 Å². The third-order valence-electron chi connectivity index (χ3n) is 2.24. The summed E-state index contributed by atoms with van der Waals surface area (Å²) in [7, 11) is 1.67. The van der Waals surface area contributed by atoms with Crippen LogP contribution in [0, 0.1) is 0 Å². The largest absolute Gasteiger partial charge is 0.413 e. The highest BCUT2D eigenvalue weighted by Crippen LogP contribution is 2.07. The third kappa shape index (κ3) is 4.55. The number of hydrogen-bond acceptors (Lipinski definition) is 3. The maximum absolute atomic E-state index is 11.4. The molecule has 1 N–H and O–H groups in total. The number of likely N-dealkylation sites (N-methyl/N-ethyl adjacent to an activating group) is 1. The van der Waals surface area contributed by atoms with E-state index in [9.17, 15) is 9.59 Å². The highest BCUT2D eigenvalue weighted by Gasteiger charge is 2.09. The lowest BCUT2D eigenvalue weighted by atomic mass is 10.3. The quantitative estimate of drug-likeness (QED) is 0.856. The number of carbonyl (C=O) groups excluding carboxylic acids is 2. The van der Waals surface area contributed by atoms with Crippen molar-refractivity contribution < 1.29 is 14.3 Å². The molecule has 0 aliphatic heterocycles. The minimum atomic E-state index is -0.631. The van der Waals surface area contributed by atoms with Gasteiger partial charge in [0.2, 0.25) is 5.91 Å². The molecule has 0 unspecified atom stereocenters. The number of rotatable bonds is 4. The van der Waals surface area contributed by atoms with Crippen LogP contribution in [0.1, 0.15) is 6.92 Å². The third-order valence-corrected chi connectivity index (χ3v) is 2.24. The highest BCUT2D eigenvalue weighted by molar-refractivity contribution is 5.82. The van der Waals surface area contributed by atoms with Crippen LogP contribution in [0.15, 0.2) is 30.3 Å². The van der Waals surface area contributed by atoms with E-state index in [0.29, 0.717) is 12.3 Å². The van der Waals surface area contributed by atoms with Crippen LogP contribution < -0.4 is 10.1 Å².